The molecule has 0 saturated carbocycles. The van der Waals surface area contributed by atoms with Gasteiger partial charge in [0, 0.05) is 6.42 Å². The molecule has 0 spiro atoms. The topological polar surface area (TPSA) is 49.3 Å². The van der Waals surface area contributed by atoms with Gasteiger partial charge in [0.15, 0.2) is 0 Å². The minimum Gasteiger partial charge on any atom is -0.390 e. The van der Waals surface area contributed by atoms with Gasteiger partial charge in [-0.15, -0.1) is 0 Å². The first-order valence-corrected chi connectivity index (χ1v) is 7.27. The molecule has 0 radical (unpaired) electrons. The van der Waals surface area contributed by atoms with Crippen LogP contribution in [-0.2, 0) is 6.42 Å². The summed E-state index contributed by atoms with van der Waals surface area (Å²) < 4.78 is 0. The van der Waals surface area contributed by atoms with Crippen LogP contribution in [-0.4, -0.2) is 17.1 Å². The molecule has 3 rings (SSSR count). The largest absolute Gasteiger partial charge is 0.390 e. The van der Waals surface area contributed by atoms with Crippen LogP contribution in [0.4, 0.5) is 0 Å². The fourth-order valence-electron chi connectivity index (χ4n) is 2.79. The number of aryl methyl sites for hydroxylation is 1. The zero-order valence-corrected chi connectivity index (χ0v) is 12.4. The average molecular weight is 302 g/mol. The molecule has 0 heterocycles. The summed E-state index contributed by atoms with van der Waals surface area (Å²) in [4.78, 5) is 12.4. The third kappa shape index (κ3) is 2.55. The van der Waals surface area contributed by atoms with E-state index in [1.807, 2.05) is 37.3 Å². The second-order valence-electron chi connectivity index (χ2n) is 5.36. The van der Waals surface area contributed by atoms with Crippen LogP contribution >= 0.6 is 11.6 Å². The van der Waals surface area contributed by atoms with Crippen molar-refractivity contribution in [1.82, 2.24) is 5.32 Å². The first kappa shape index (κ1) is 14.1. The molecule has 0 bridgehead atoms. The molecule has 2 N–H and O–H groups in total. The van der Waals surface area contributed by atoms with Crippen molar-refractivity contribution in [3.8, 4) is 0 Å². The summed E-state index contributed by atoms with van der Waals surface area (Å²) in [6.07, 6.45) is -0.0437. The van der Waals surface area contributed by atoms with Crippen molar-refractivity contribution in [2.45, 2.75) is 25.5 Å². The molecule has 3 nitrogen and oxygen atoms in total. The maximum atomic E-state index is 12.4. The molecule has 0 aromatic heterocycles. The lowest BCUT2D eigenvalue weighted by Gasteiger charge is -2.18. The van der Waals surface area contributed by atoms with Gasteiger partial charge in [0.1, 0.15) is 0 Å². The van der Waals surface area contributed by atoms with Crippen LogP contribution in [0, 0.1) is 6.92 Å². The molecular weight excluding hydrogens is 286 g/mol. The lowest BCUT2D eigenvalue weighted by molar-refractivity contribution is 0.0858. The number of carbonyl (C=O) groups excluding carboxylic acids is 1. The Morgan fingerprint density at radius 2 is 2.00 bits per heavy atom. The van der Waals surface area contributed by atoms with Crippen LogP contribution < -0.4 is 5.32 Å². The summed E-state index contributed by atoms with van der Waals surface area (Å²) in [6.45, 7) is 1.86. The molecule has 21 heavy (non-hydrogen) atoms. The quantitative estimate of drug-likeness (QED) is 0.896. The molecular formula is C17H16ClNO2. The van der Waals surface area contributed by atoms with Gasteiger partial charge in [-0.1, -0.05) is 48.0 Å². The minimum absolute atomic E-state index is 0.260. The number of carbonyl (C=O) groups is 1. The average Bonchev–Trinajstić information content (AvgIpc) is 2.78. The fraction of sp³-hybridized carbons (Fsp3) is 0.235. The van der Waals surface area contributed by atoms with E-state index < -0.39 is 6.10 Å². The molecule has 0 unspecified atom stereocenters. The Balaban J connectivity index is 1.87. The van der Waals surface area contributed by atoms with Crippen molar-refractivity contribution < 1.29 is 9.90 Å². The molecule has 0 saturated heterocycles. The van der Waals surface area contributed by atoms with E-state index in [0.29, 0.717) is 17.0 Å². The monoisotopic (exact) mass is 301 g/mol. The van der Waals surface area contributed by atoms with Crippen molar-refractivity contribution >= 4 is 17.5 Å². The predicted molar refractivity (Wildman–Crippen MR) is 82.5 cm³/mol. The van der Waals surface area contributed by atoms with Crippen LogP contribution in [0.1, 0.15) is 33.1 Å². The second-order valence-corrected chi connectivity index (χ2v) is 5.74. The van der Waals surface area contributed by atoms with Crippen LogP contribution in [0.2, 0.25) is 5.02 Å². The summed E-state index contributed by atoms with van der Waals surface area (Å²) in [6, 6.07) is 12.7. The number of rotatable bonds is 2. The molecule has 2 aromatic carbocycles. The van der Waals surface area contributed by atoms with Crippen molar-refractivity contribution in [2.75, 3.05) is 0 Å². The number of amides is 1. The van der Waals surface area contributed by atoms with Gasteiger partial charge in [-0.25, -0.2) is 0 Å². The maximum Gasteiger partial charge on any atom is 0.253 e. The van der Waals surface area contributed by atoms with Gasteiger partial charge in [-0.3, -0.25) is 4.79 Å². The van der Waals surface area contributed by atoms with Gasteiger partial charge in [-0.2, -0.15) is 0 Å². The summed E-state index contributed by atoms with van der Waals surface area (Å²) in [5.41, 5.74) is 3.35. The zero-order valence-electron chi connectivity index (χ0n) is 11.6. The summed E-state index contributed by atoms with van der Waals surface area (Å²) in [5, 5.41) is 13.5. The van der Waals surface area contributed by atoms with Gasteiger partial charge < -0.3 is 10.4 Å². The highest BCUT2D eigenvalue weighted by molar-refractivity contribution is 6.34. The highest BCUT2D eigenvalue weighted by Gasteiger charge is 2.32. The first-order chi connectivity index (χ1) is 10.1. The Hall–Kier alpha value is -1.84. The number of aliphatic hydroxyl groups excluding tert-OH is 1. The molecule has 2 atom stereocenters. The smallest absolute Gasteiger partial charge is 0.253 e. The molecule has 1 amide bonds. The van der Waals surface area contributed by atoms with Crippen molar-refractivity contribution in [2.24, 2.45) is 0 Å². The maximum absolute atomic E-state index is 12.4. The Labute approximate surface area is 128 Å². The third-order valence-electron chi connectivity index (χ3n) is 3.93. The molecule has 1 aliphatic rings. The number of fused-ring (bicyclic) bond motifs is 1. The Bertz CT molecular complexity index is 699. The summed E-state index contributed by atoms with van der Waals surface area (Å²) in [7, 11) is 0. The lowest BCUT2D eigenvalue weighted by Crippen LogP contribution is -2.34. The van der Waals surface area contributed by atoms with Crippen molar-refractivity contribution in [3.63, 3.8) is 0 Å². The molecule has 108 valence electrons. The highest BCUT2D eigenvalue weighted by Crippen LogP contribution is 2.32. The van der Waals surface area contributed by atoms with Gasteiger partial charge in [0.25, 0.3) is 5.91 Å². The van der Waals surface area contributed by atoms with Crippen LogP contribution in [0.25, 0.3) is 0 Å². The lowest BCUT2D eigenvalue weighted by atomic mass is 10.1. The van der Waals surface area contributed by atoms with E-state index in [-0.39, 0.29) is 11.9 Å². The molecule has 2 aromatic rings. The highest BCUT2D eigenvalue weighted by atomic mass is 35.5. The SMILES string of the molecule is Cc1cccc(C(=O)N[C@@H]2c3ccccc3C[C@@H]2O)c1Cl. The Morgan fingerprint density at radius 1 is 1.24 bits per heavy atom. The normalized spacial score (nSPS) is 20.1. The van der Waals surface area contributed by atoms with Gasteiger partial charge in [-0.05, 0) is 29.7 Å². The number of nitrogens with one attached hydrogen (secondary N) is 1. The zero-order chi connectivity index (χ0) is 15.0. The number of hydrogen-bond donors (Lipinski definition) is 2. The van der Waals surface area contributed by atoms with E-state index >= 15 is 0 Å². The van der Waals surface area contributed by atoms with E-state index in [2.05, 4.69) is 5.32 Å². The summed E-state index contributed by atoms with van der Waals surface area (Å²) >= 11 is 6.19. The van der Waals surface area contributed by atoms with Crippen LogP contribution in [0.5, 0.6) is 0 Å². The third-order valence-corrected chi connectivity index (χ3v) is 4.43. The van der Waals surface area contributed by atoms with E-state index in [1.54, 1.807) is 12.1 Å². The number of halogens is 1. The van der Waals surface area contributed by atoms with Gasteiger partial charge in [0.05, 0.1) is 22.7 Å². The fourth-order valence-corrected chi connectivity index (χ4v) is 3.00. The summed E-state index contributed by atoms with van der Waals surface area (Å²) in [5.74, 6) is -0.260. The van der Waals surface area contributed by atoms with E-state index in [1.165, 1.54) is 0 Å². The van der Waals surface area contributed by atoms with Crippen LogP contribution in [0.15, 0.2) is 42.5 Å². The van der Waals surface area contributed by atoms with Crippen molar-refractivity contribution in [1.29, 1.82) is 0 Å². The second kappa shape index (κ2) is 5.51. The first-order valence-electron chi connectivity index (χ1n) is 6.90. The van der Waals surface area contributed by atoms with Crippen molar-refractivity contribution in [3.05, 3.63) is 69.7 Å². The van der Waals surface area contributed by atoms with Crippen LogP contribution in [0.3, 0.4) is 0 Å². The van der Waals surface area contributed by atoms with E-state index in [4.69, 9.17) is 11.6 Å². The minimum atomic E-state index is -0.602. The molecule has 0 aliphatic heterocycles. The standard InChI is InChI=1S/C17H16ClNO2/c1-10-5-4-8-13(15(10)18)17(21)19-16-12-7-3-2-6-11(12)9-14(16)20/h2-8,14,16,20H,9H2,1H3,(H,19,21)/t14-,16+/m0/s1. The number of aliphatic hydroxyl groups is 1. The molecule has 0 fully saturated rings. The number of benzene rings is 2. The molecule has 4 heteroatoms. The number of hydrogen-bond acceptors (Lipinski definition) is 2. The Kier molecular flexibility index (Phi) is 3.70. The van der Waals surface area contributed by atoms with Gasteiger partial charge >= 0.3 is 0 Å². The van der Waals surface area contributed by atoms with E-state index in [0.717, 1.165) is 16.7 Å². The van der Waals surface area contributed by atoms with Gasteiger partial charge in [0.2, 0.25) is 0 Å². The molecule has 1 aliphatic carbocycles. The predicted octanol–water partition coefficient (Wildman–Crippen LogP) is 3.04. The van der Waals surface area contributed by atoms with E-state index in [9.17, 15) is 9.90 Å². The Morgan fingerprint density at radius 3 is 2.81 bits per heavy atom.